The lowest BCUT2D eigenvalue weighted by molar-refractivity contribution is 0.0940. The Bertz CT molecular complexity index is 888. The molecule has 1 aromatic carbocycles. The van der Waals surface area contributed by atoms with Gasteiger partial charge in [0.2, 0.25) is 0 Å². The molecule has 0 aliphatic heterocycles. The van der Waals surface area contributed by atoms with Crippen molar-refractivity contribution in [1.82, 2.24) is 20.1 Å². The lowest BCUT2D eigenvalue weighted by Crippen LogP contribution is -2.26. The van der Waals surface area contributed by atoms with Crippen LogP contribution in [0, 0.1) is 13.8 Å². The Balaban J connectivity index is 1.76. The Kier molecular flexibility index (Phi) is 4.86. The molecule has 1 atom stereocenters. The lowest BCUT2D eigenvalue weighted by atomic mass is 10.1. The maximum atomic E-state index is 12.4. The standard InChI is InChI=1S/C19H19ClN4O/c1-12(16-5-4-10-21-11-16)22-19(25)15-6-8-17(9-7-15)24-14(3)18(20)13(2)23-24/h4-12H,1-3H3,(H,22,25). The van der Waals surface area contributed by atoms with E-state index >= 15 is 0 Å². The van der Waals surface area contributed by atoms with Crippen LogP contribution >= 0.6 is 11.6 Å². The molecule has 0 radical (unpaired) electrons. The number of nitrogens with one attached hydrogen (secondary N) is 1. The molecular weight excluding hydrogens is 336 g/mol. The molecule has 0 bridgehead atoms. The second-order valence-electron chi connectivity index (χ2n) is 5.92. The summed E-state index contributed by atoms with van der Waals surface area (Å²) in [4.78, 5) is 16.5. The second-order valence-corrected chi connectivity index (χ2v) is 6.30. The van der Waals surface area contributed by atoms with Crippen LogP contribution in [0.4, 0.5) is 0 Å². The fraction of sp³-hybridized carbons (Fsp3) is 0.211. The highest BCUT2D eigenvalue weighted by Gasteiger charge is 2.13. The average molecular weight is 355 g/mol. The molecular formula is C19H19ClN4O. The number of nitrogens with zero attached hydrogens (tertiary/aromatic N) is 3. The third-order valence-electron chi connectivity index (χ3n) is 4.11. The summed E-state index contributed by atoms with van der Waals surface area (Å²) in [6.07, 6.45) is 3.46. The smallest absolute Gasteiger partial charge is 0.251 e. The number of halogens is 1. The van der Waals surface area contributed by atoms with Gasteiger partial charge < -0.3 is 5.32 Å². The van der Waals surface area contributed by atoms with Gasteiger partial charge in [0.25, 0.3) is 5.91 Å². The normalized spacial score (nSPS) is 12.0. The van der Waals surface area contributed by atoms with Crippen molar-refractivity contribution in [3.8, 4) is 5.69 Å². The summed E-state index contributed by atoms with van der Waals surface area (Å²) in [5.74, 6) is -0.130. The molecule has 0 fully saturated rings. The summed E-state index contributed by atoms with van der Waals surface area (Å²) in [5, 5.41) is 8.05. The molecule has 2 aromatic heterocycles. The molecule has 3 aromatic rings. The van der Waals surface area contributed by atoms with E-state index in [0.717, 1.165) is 22.6 Å². The van der Waals surface area contributed by atoms with E-state index in [0.29, 0.717) is 10.6 Å². The van der Waals surface area contributed by atoms with Crippen LogP contribution in [0.5, 0.6) is 0 Å². The number of hydrogen-bond acceptors (Lipinski definition) is 3. The number of aryl methyl sites for hydroxylation is 1. The van der Waals surface area contributed by atoms with Crippen LogP contribution in [0.15, 0.2) is 48.8 Å². The zero-order valence-corrected chi connectivity index (χ0v) is 15.1. The number of hydrogen-bond donors (Lipinski definition) is 1. The number of carbonyl (C=O) groups is 1. The fourth-order valence-electron chi connectivity index (χ4n) is 2.62. The Morgan fingerprint density at radius 2 is 1.92 bits per heavy atom. The quantitative estimate of drug-likeness (QED) is 0.769. The third kappa shape index (κ3) is 3.56. The number of amides is 1. The molecule has 5 nitrogen and oxygen atoms in total. The fourth-order valence-corrected chi connectivity index (χ4v) is 2.74. The minimum Gasteiger partial charge on any atom is -0.345 e. The van der Waals surface area contributed by atoms with Crippen molar-refractivity contribution in [2.45, 2.75) is 26.8 Å². The second kappa shape index (κ2) is 7.07. The molecule has 25 heavy (non-hydrogen) atoms. The summed E-state index contributed by atoms with van der Waals surface area (Å²) < 4.78 is 1.78. The Morgan fingerprint density at radius 1 is 1.20 bits per heavy atom. The predicted molar refractivity (Wildman–Crippen MR) is 98.2 cm³/mol. The molecule has 0 aliphatic carbocycles. The SMILES string of the molecule is Cc1nn(-c2ccc(C(=O)NC(C)c3cccnc3)cc2)c(C)c1Cl. The number of pyridine rings is 1. The zero-order valence-electron chi connectivity index (χ0n) is 14.3. The molecule has 6 heteroatoms. The molecule has 1 unspecified atom stereocenters. The number of aromatic nitrogens is 3. The number of rotatable bonds is 4. The van der Waals surface area contributed by atoms with Gasteiger partial charge in [-0.05, 0) is 56.7 Å². The molecule has 3 rings (SSSR count). The molecule has 0 spiro atoms. The third-order valence-corrected chi connectivity index (χ3v) is 4.66. The summed E-state index contributed by atoms with van der Waals surface area (Å²) in [6.45, 7) is 5.72. The molecule has 2 heterocycles. The van der Waals surface area contributed by atoms with Crippen molar-refractivity contribution >= 4 is 17.5 Å². The van der Waals surface area contributed by atoms with E-state index in [1.807, 2.05) is 45.0 Å². The summed E-state index contributed by atoms with van der Waals surface area (Å²) in [6, 6.07) is 11.0. The van der Waals surface area contributed by atoms with Gasteiger partial charge in [0.05, 0.1) is 28.1 Å². The van der Waals surface area contributed by atoms with Crippen LogP contribution in [-0.2, 0) is 0 Å². The maximum absolute atomic E-state index is 12.4. The lowest BCUT2D eigenvalue weighted by Gasteiger charge is -2.14. The van der Waals surface area contributed by atoms with E-state index in [1.165, 1.54) is 0 Å². The van der Waals surface area contributed by atoms with Crippen LogP contribution in [-0.4, -0.2) is 20.7 Å². The van der Waals surface area contributed by atoms with Crippen LogP contribution in [0.1, 0.15) is 40.3 Å². The minimum atomic E-state index is -0.130. The van der Waals surface area contributed by atoms with Crippen molar-refractivity contribution < 1.29 is 4.79 Å². The van der Waals surface area contributed by atoms with E-state index < -0.39 is 0 Å². The van der Waals surface area contributed by atoms with Crippen molar-refractivity contribution in [2.75, 3.05) is 0 Å². The summed E-state index contributed by atoms with van der Waals surface area (Å²) in [7, 11) is 0. The zero-order chi connectivity index (χ0) is 18.0. The van der Waals surface area contributed by atoms with Crippen LogP contribution in [0.25, 0.3) is 5.69 Å². The van der Waals surface area contributed by atoms with Crippen LogP contribution in [0.3, 0.4) is 0 Å². The summed E-state index contributed by atoms with van der Waals surface area (Å²) in [5.41, 5.74) is 4.08. The summed E-state index contributed by atoms with van der Waals surface area (Å²) >= 11 is 6.19. The van der Waals surface area contributed by atoms with Gasteiger partial charge in [0.15, 0.2) is 0 Å². The van der Waals surface area contributed by atoms with Gasteiger partial charge >= 0.3 is 0 Å². The van der Waals surface area contributed by atoms with Gasteiger partial charge in [-0.15, -0.1) is 0 Å². The maximum Gasteiger partial charge on any atom is 0.251 e. The van der Waals surface area contributed by atoms with Gasteiger partial charge in [0, 0.05) is 18.0 Å². The van der Waals surface area contributed by atoms with E-state index in [2.05, 4.69) is 15.4 Å². The van der Waals surface area contributed by atoms with Crippen LogP contribution < -0.4 is 5.32 Å². The monoisotopic (exact) mass is 354 g/mol. The molecule has 0 aliphatic rings. The molecule has 0 saturated carbocycles. The minimum absolute atomic E-state index is 0.115. The number of benzene rings is 1. The van der Waals surface area contributed by atoms with Gasteiger partial charge in [-0.3, -0.25) is 9.78 Å². The Hall–Kier alpha value is -2.66. The topological polar surface area (TPSA) is 59.8 Å². The Labute approximate surface area is 151 Å². The predicted octanol–water partition coefficient (Wildman–Crippen LogP) is 4.03. The first-order valence-electron chi connectivity index (χ1n) is 8.00. The largest absolute Gasteiger partial charge is 0.345 e. The number of carbonyl (C=O) groups excluding carboxylic acids is 1. The van der Waals surface area contributed by atoms with Gasteiger partial charge in [0.1, 0.15) is 0 Å². The highest BCUT2D eigenvalue weighted by atomic mass is 35.5. The van der Waals surface area contributed by atoms with Crippen molar-refractivity contribution in [1.29, 1.82) is 0 Å². The van der Waals surface area contributed by atoms with Crippen molar-refractivity contribution in [3.05, 3.63) is 76.3 Å². The van der Waals surface area contributed by atoms with Crippen molar-refractivity contribution in [3.63, 3.8) is 0 Å². The van der Waals surface area contributed by atoms with Crippen LogP contribution in [0.2, 0.25) is 5.02 Å². The van der Waals surface area contributed by atoms with E-state index in [4.69, 9.17) is 11.6 Å². The molecule has 1 amide bonds. The van der Waals surface area contributed by atoms with Gasteiger partial charge in [-0.1, -0.05) is 17.7 Å². The average Bonchev–Trinajstić information content (AvgIpc) is 2.90. The Morgan fingerprint density at radius 3 is 2.48 bits per heavy atom. The highest BCUT2D eigenvalue weighted by molar-refractivity contribution is 6.31. The van der Waals surface area contributed by atoms with Crippen molar-refractivity contribution in [2.24, 2.45) is 0 Å². The highest BCUT2D eigenvalue weighted by Crippen LogP contribution is 2.22. The first-order valence-corrected chi connectivity index (χ1v) is 8.38. The van der Waals surface area contributed by atoms with Gasteiger partial charge in [-0.2, -0.15) is 5.10 Å². The first kappa shape index (κ1) is 17.2. The molecule has 128 valence electrons. The van der Waals surface area contributed by atoms with Gasteiger partial charge in [-0.25, -0.2) is 4.68 Å². The van der Waals surface area contributed by atoms with E-state index in [1.54, 1.807) is 29.2 Å². The molecule has 0 saturated heterocycles. The molecule has 1 N–H and O–H groups in total. The van der Waals surface area contributed by atoms with E-state index in [9.17, 15) is 4.79 Å². The first-order chi connectivity index (χ1) is 12.0. The van der Waals surface area contributed by atoms with E-state index in [-0.39, 0.29) is 11.9 Å².